The number of nitrogens with zero attached hydrogens (tertiary/aromatic N) is 2. The van der Waals surface area contributed by atoms with E-state index in [0.29, 0.717) is 6.54 Å². The third-order valence-electron chi connectivity index (χ3n) is 3.73. The van der Waals surface area contributed by atoms with Gasteiger partial charge in [0.15, 0.2) is 0 Å². The zero-order valence-corrected chi connectivity index (χ0v) is 12.9. The number of rotatable bonds is 2. The SMILES string of the molecule is Cc1cccc(NC(=O)[C@H]2CCCN(C(=O)N(C)C)C2)c1. The number of hydrogen-bond acceptors (Lipinski definition) is 2. The summed E-state index contributed by atoms with van der Waals surface area (Å²) in [5, 5.41) is 2.95. The number of urea groups is 1. The second kappa shape index (κ2) is 6.61. The normalized spacial score (nSPS) is 18.2. The predicted molar refractivity (Wildman–Crippen MR) is 83.2 cm³/mol. The fraction of sp³-hybridized carbons (Fsp3) is 0.500. The molecule has 114 valence electrons. The second-order valence-electron chi connectivity index (χ2n) is 5.82. The Morgan fingerprint density at radius 2 is 2.10 bits per heavy atom. The molecule has 0 radical (unpaired) electrons. The molecule has 2 rings (SSSR count). The number of likely N-dealkylation sites (tertiary alicyclic amines) is 1. The number of aryl methyl sites for hydroxylation is 1. The van der Waals surface area contributed by atoms with Crippen molar-refractivity contribution >= 4 is 17.6 Å². The molecule has 3 amide bonds. The highest BCUT2D eigenvalue weighted by Gasteiger charge is 2.29. The van der Waals surface area contributed by atoms with Crippen LogP contribution in [0.15, 0.2) is 24.3 Å². The highest BCUT2D eigenvalue weighted by molar-refractivity contribution is 5.93. The molecule has 1 aliphatic heterocycles. The fourth-order valence-corrected chi connectivity index (χ4v) is 2.61. The van der Waals surface area contributed by atoms with Crippen LogP contribution in [0.1, 0.15) is 18.4 Å². The third kappa shape index (κ3) is 3.97. The van der Waals surface area contributed by atoms with Gasteiger partial charge in [0.05, 0.1) is 5.92 Å². The van der Waals surface area contributed by atoms with Gasteiger partial charge in [-0.25, -0.2) is 4.79 Å². The molecule has 0 aromatic heterocycles. The first-order chi connectivity index (χ1) is 9.97. The first-order valence-corrected chi connectivity index (χ1v) is 7.31. The Balaban J connectivity index is 1.97. The van der Waals surface area contributed by atoms with E-state index in [9.17, 15) is 9.59 Å². The van der Waals surface area contributed by atoms with Crippen LogP contribution in [0.4, 0.5) is 10.5 Å². The molecule has 1 heterocycles. The number of carbonyl (C=O) groups excluding carboxylic acids is 2. The second-order valence-corrected chi connectivity index (χ2v) is 5.82. The Hall–Kier alpha value is -2.04. The first kappa shape index (κ1) is 15.4. The molecule has 21 heavy (non-hydrogen) atoms. The van der Waals surface area contributed by atoms with E-state index in [1.54, 1.807) is 23.9 Å². The highest BCUT2D eigenvalue weighted by Crippen LogP contribution is 2.20. The zero-order chi connectivity index (χ0) is 15.4. The lowest BCUT2D eigenvalue weighted by molar-refractivity contribution is -0.121. The summed E-state index contributed by atoms with van der Waals surface area (Å²) < 4.78 is 0. The summed E-state index contributed by atoms with van der Waals surface area (Å²) in [6.45, 7) is 3.22. The van der Waals surface area contributed by atoms with Crippen LogP contribution >= 0.6 is 0 Å². The van der Waals surface area contributed by atoms with Gasteiger partial charge in [0, 0.05) is 32.9 Å². The van der Waals surface area contributed by atoms with Crippen molar-refractivity contribution in [3.63, 3.8) is 0 Å². The molecule has 1 aromatic carbocycles. The summed E-state index contributed by atoms with van der Waals surface area (Å²) >= 11 is 0. The van der Waals surface area contributed by atoms with Crippen LogP contribution in [0.2, 0.25) is 0 Å². The molecule has 0 aliphatic carbocycles. The van der Waals surface area contributed by atoms with Gasteiger partial charge in [0.2, 0.25) is 5.91 Å². The minimum absolute atomic E-state index is 0.00291. The van der Waals surface area contributed by atoms with Gasteiger partial charge < -0.3 is 15.1 Å². The molecule has 1 aromatic rings. The third-order valence-corrected chi connectivity index (χ3v) is 3.73. The summed E-state index contributed by atoms with van der Waals surface area (Å²) in [4.78, 5) is 27.7. The maximum absolute atomic E-state index is 12.4. The molecule has 1 atom stereocenters. The monoisotopic (exact) mass is 289 g/mol. The smallest absolute Gasteiger partial charge is 0.319 e. The van der Waals surface area contributed by atoms with Crippen LogP contribution < -0.4 is 5.32 Å². The zero-order valence-electron chi connectivity index (χ0n) is 12.9. The topological polar surface area (TPSA) is 52.7 Å². The van der Waals surface area contributed by atoms with Crippen LogP contribution in [0, 0.1) is 12.8 Å². The van der Waals surface area contributed by atoms with Gasteiger partial charge in [0.1, 0.15) is 0 Å². The van der Waals surface area contributed by atoms with Crippen LogP contribution in [0.3, 0.4) is 0 Å². The molecule has 0 unspecified atom stereocenters. The Bertz CT molecular complexity index is 528. The number of hydrogen-bond donors (Lipinski definition) is 1. The van der Waals surface area contributed by atoms with Crippen molar-refractivity contribution in [2.24, 2.45) is 5.92 Å². The molecule has 0 saturated carbocycles. The first-order valence-electron chi connectivity index (χ1n) is 7.31. The quantitative estimate of drug-likeness (QED) is 0.908. The van der Waals surface area contributed by atoms with Crippen LogP contribution in [0.25, 0.3) is 0 Å². The van der Waals surface area contributed by atoms with Crippen molar-refractivity contribution in [2.45, 2.75) is 19.8 Å². The van der Waals surface area contributed by atoms with Gasteiger partial charge >= 0.3 is 6.03 Å². The number of nitrogens with one attached hydrogen (secondary N) is 1. The van der Waals surface area contributed by atoms with Crippen molar-refractivity contribution in [1.82, 2.24) is 9.80 Å². The van der Waals surface area contributed by atoms with E-state index >= 15 is 0 Å². The average Bonchev–Trinajstić information content (AvgIpc) is 2.46. The van der Waals surface area contributed by atoms with Crippen molar-refractivity contribution in [2.75, 3.05) is 32.5 Å². The molecular formula is C16H23N3O2. The summed E-state index contributed by atoms with van der Waals surface area (Å²) in [5.74, 6) is -0.139. The van der Waals surface area contributed by atoms with E-state index in [2.05, 4.69) is 5.32 Å². The van der Waals surface area contributed by atoms with Crippen molar-refractivity contribution in [3.8, 4) is 0 Å². The molecule has 1 aliphatic rings. The van der Waals surface area contributed by atoms with Gasteiger partial charge in [0.25, 0.3) is 0 Å². The summed E-state index contributed by atoms with van der Waals surface area (Å²) in [6.07, 6.45) is 1.69. The van der Waals surface area contributed by atoms with Crippen molar-refractivity contribution < 1.29 is 9.59 Å². The lowest BCUT2D eigenvalue weighted by Crippen LogP contribution is -2.47. The molecule has 0 spiro atoms. The van der Waals surface area contributed by atoms with Gasteiger partial charge in [-0.1, -0.05) is 12.1 Å². The lowest BCUT2D eigenvalue weighted by atomic mass is 9.97. The Morgan fingerprint density at radius 3 is 2.76 bits per heavy atom. The minimum atomic E-state index is -0.136. The van der Waals surface area contributed by atoms with Crippen molar-refractivity contribution in [3.05, 3.63) is 29.8 Å². The van der Waals surface area contributed by atoms with Gasteiger partial charge in [-0.3, -0.25) is 4.79 Å². The minimum Gasteiger partial charge on any atom is -0.331 e. The van der Waals surface area contributed by atoms with E-state index < -0.39 is 0 Å². The molecule has 1 fully saturated rings. The van der Waals surface area contributed by atoms with E-state index in [1.807, 2.05) is 31.2 Å². The predicted octanol–water partition coefficient (Wildman–Crippen LogP) is 2.33. The molecular weight excluding hydrogens is 266 g/mol. The number of anilines is 1. The standard InChI is InChI=1S/C16H23N3O2/c1-12-6-4-8-14(10-12)17-15(20)13-7-5-9-19(11-13)16(21)18(2)3/h4,6,8,10,13H,5,7,9,11H2,1-3H3,(H,17,20)/t13-/m0/s1. The Labute approximate surface area is 125 Å². The Kier molecular flexibility index (Phi) is 4.83. The lowest BCUT2D eigenvalue weighted by Gasteiger charge is -2.33. The van der Waals surface area contributed by atoms with Gasteiger partial charge in [-0.15, -0.1) is 0 Å². The molecule has 1 N–H and O–H groups in total. The summed E-state index contributed by atoms with van der Waals surface area (Å²) in [7, 11) is 3.47. The maximum atomic E-state index is 12.4. The molecule has 1 saturated heterocycles. The van der Waals surface area contributed by atoms with Gasteiger partial charge in [-0.05, 0) is 37.5 Å². The number of benzene rings is 1. The van der Waals surface area contributed by atoms with E-state index in [0.717, 1.165) is 30.6 Å². The fourth-order valence-electron chi connectivity index (χ4n) is 2.61. The van der Waals surface area contributed by atoms with E-state index in [-0.39, 0.29) is 17.9 Å². The maximum Gasteiger partial charge on any atom is 0.319 e. The highest BCUT2D eigenvalue weighted by atomic mass is 16.2. The van der Waals surface area contributed by atoms with Crippen LogP contribution in [0.5, 0.6) is 0 Å². The number of piperidine rings is 1. The molecule has 5 nitrogen and oxygen atoms in total. The largest absolute Gasteiger partial charge is 0.331 e. The Morgan fingerprint density at radius 1 is 1.33 bits per heavy atom. The van der Waals surface area contributed by atoms with Crippen molar-refractivity contribution in [1.29, 1.82) is 0 Å². The van der Waals surface area contributed by atoms with Crippen LogP contribution in [-0.2, 0) is 4.79 Å². The van der Waals surface area contributed by atoms with Gasteiger partial charge in [-0.2, -0.15) is 0 Å². The number of amides is 3. The molecule has 5 heteroatoms. The van der Waals surface area contributed by atoms with E-state index in [1.165, 1.54) is 0 Å². The van der Waals surface area contributed by atoms with Crippen LogP contribution in [-0.4, -0.2) is 48.9 Å². The average molecular weight is 289 g/mol. The molecule has 0 bridgehead atoms. The number of carbonyl (C=O) groups is 2. The summed E-state index contributed by atoms with van der Waals surface area (Å²) in [5.41, 5.74) is 1.93. The van der Waals surface area contributed by atoms with E-state index in [4.69, 9.17) is 0 Å². The summed E-state index contributed by atoms with van der Waals surface area (Å²) in [6, 6.07) is 7.73.